The molecule has 0 spiro atoms. The van der Waals surface area contributed by atoms with Gasteiger partial charge in [0.1, 0.15) is 11.9 Å². The molecule has 0 saturated carbocycles. The molecule has 0 bridgehead atoms. The van der Waals surface area contributed by atoms with Gasteiger partial charge in [-0.05, 0) is 48.0 Å². The predicted octanol–water partition coefficient (Wildman–Crippen LogP) is 5.95. The second kappa shape index (κ2) is 8.96. The molecule has 0 N–H and O–H groups in total. The van der Waals surface area contributed by atoms with Crippen molar-refractivity contribution in [2.75, 3.05) is 4.90 Å². The van der Waals surface area contributed by atoms with Crippen LogP contribution >= 0.6 is 39.9 Å². The summed E-state index contributed by atoms with van der Waals surface area (Å²) in [7, 11) is 0. The van der Waals surface area contributed by atoms with Crippen LogP contribution in [-0.2, 0) is 4.79 Å². The molecule has 1 aliphatic heterocycles. The topological polar surface area (TPSA) is 85.6 Å². The average Bonchev–Trinajstić information content (AvgIpc) is 3.03. The highest BCUT2D eigenvalue weighted by Gasteiger charge is 2.33. The highest BCUT2D eigenvalue weighted by atomic mass is 79.9. The van der Waals surface area contributed by atoms with Crippen molar-refractivity contribution in [3.8, 4) is 11.6 Å². The average molecular weight is 514 g/mol. The Morgan fingerprint density at radius 3 is 2.42 bits per heavy atom. The number of hydrogen-bond donors (Lipinski definition) is 0. The van der Waals surface area contributed by atoms with E-state index in [1.807, 2.05) is 24.3 Å². The maximum absolute atomic E-state index is 12.8. The van der Waals surface area contributed by atoms with Crippen LogP contribution in [0.5, 0.6) is 11.6 Å². The van der Waals surface area contributed by atoms with Gasteiger partial charge in [0.05, 0.1) is 15.5 Å². The molecule has 1 fully saturated rings. The summed E-state index contributed by atoms with van der Waals surface area (Å²) in [6.07, 6.45) is 2.91. The van der Waals surface area contributed by atoms with Crippen LogP contribution in [0.1, 0.15) is 5.56 Å². The molecule has 31 heavy (non-hydrogen) atoms. The summed E-state index contributed by atoms with van der Waals surface area (Å²) < 4.78 is 7.00. The number of carbonyl (C=O) groups excluding carboxylic acids is 1. The number of thioether (sulfide) groups is 1. The number of hydrogen-bond acceptors (Lipinski definition) is 7. The van der Waals surface area contributed by atoms with Gasteiger partial charge in [-0.25, -0.2) is 4.98 Å². The summed E-state index contributed by atoms with van der Waals surface area (Å²) >= 11 is 10.0. The lowest BCUT2D eigenvalue weighted by atomic mass is 10.2. The molecule has 0 atom stereocenters. The van der Waals surface area contributed by atoms with Crippen LogP contribution in [0.15, 0.2) is 76.2 Å². The fourth-order valence-electron chi connectivity index (χ4n) is 2.73. The van der Waals surface area contributed by atoms with Gasteiger partial charge in [-0.1, -0.05) is 52.0 Å². The Kier molecular flexibility index (Phi) is 6.12. The van der Waals surface area contributed by atoms with Gasteiger partial charge < -0.3 is 4.74 Å². The van der Waals surface area contributed by atoms with Crippen molar-refractivity contribution < 1.29 is 14.5 Å². The molecule has 7 nitrogen and oxygen atoms in total. The summed E-state index contributed by atoms with van der Waals surface area (Å²) in [5.41, 5.74) is 1.41. The van der Waals surface area contributed by atoms with Gasteiger partial charge in [0.25, 0.3) is 11.6 Å². The van der Waals surface area contributed by atoms with Crippen molar-refractivity contribution >= 4 is 67.6 Å². The molecule has 1 amide bonds. The Bertz CT molecular complexity index is 1200. The zero-order valence-electron chi connectivity index (χ0n) is 15.6. The lowest BCUT2D eigenvalue weighted by Crippen LogP contribution is -2.27. The van der Waals surface area contributed by atoms with E-state index in [0.29, 0.717) is 20.7 Å². The number of nitrogens with zero attached hydrogens (tertiary/aromatic N) is 3. The van der Waals surface area contributed by atoms with E-state index < -0.39 is 4.92 Å². The second-order valence-electron chi connectivity index (χ2n) is 6.28. The van der Waals surface area contributed by atoms with Crippen LogP contribution in [-0.4, -0.2) is 20.1 Å². The maximum atomic E-state index is 12.8. The number of thiocarbonyl (C=S) groups is 1. The number of benzene rings is 2. The Morgan fingerprint density at radius 1 is 1.10 bits per heavy atom. The van der Waals surface area contributed by atoms with E-state index in [1.54, 1.807) is 30.3 Å². The van der Waals surface area contributed by atoms with Crippen molar-refractivity contribution in [2.24, 2.45) is 0 Å². The highest BCUT2D eigenvalue weighted by Crippen LogP contribution is 2.36. The molecule has 1 aromatic heterocycles. The van der Waals surface area contributed by atoms with E-state index in [4.69, 9.17) is 17.0 Å². The van der Waals surface area contributed by atoms with Crippen LogP contribution in [0.3, 0.4) is 0 Å². The molecule has 1 aliphatic rings. The fourth-order valence-corrected chi connectivity index (χ4v) is 4.29. The zero-order chi connectivity index (χ0) is 22.0. The first-order chi connectivity index (χ1) is 14.9. The Labute approximate surface area is 195 Å². The van der Waals surface area contributed by atoms with Crippen molar-refractivity contribution in [2.45, 2.75) is 0 Å². The Hall–Kier alpha value is -3.08. The van der Waals surface area contributed by atoms with E-state index in [9.17, 15) is 14.9 Å². The highest BCUT2D eigenvalue weighted by molar-refractivity contribution is 9.10. The zero-order valence-corrected chi connectivity index (χ0v) is 18.8. The lowest BCUT2D eigenvalue weighted by molar-refractivity contribution is -0.385. The number of halogens is 1. The van der Waals surface area contributed by atoms with Crippen LogP contribution in [0, 0.1) is 10.1 Å². The van der Waals surface area contributed by atoms with Gasteiger partial charge in [-0.2, -0.15) is 0 Å². The number of anilines is 1. The van der Waals surface area contributed by atoms with Gasteiger partial charge in [-0.15, -0.1) is 0 Å². The smallest absolute Gasteiger partial charge is 0.287 e. The van der Waals surface area contributed by atoms with E-state index in [2.05, 4.69) is 20.9 Å². The summed E-state index contributed by atoms with van der Waals surface area (Å²) in [6.45, 7) is 0. The number of amides is 1. The summed E-state index contributed by atoms with van der Waals surface area (Å²) in [4.78, 5) is 29.0. The second-order valence-corrected chi connectivity index (χ2v) is 8.87. The molecular weight excluding hydrogens is 502 g/mol. The molecule has 2 heterocycles. The van der Waals surface area contributed by atoms with E-state index >= 15 is 0 Å². The Morgan fingerprint density at radius 2 is 1.81 bits per heavy atom. The third-order valence-electron chi connectivity index (χ3n) is 4.21. The third-order valence-corrected chi connectivity index (χ3v) is 6.04. The number of ether oxygens (including phenoxy) is 1. The molecule has 2 aromatic carbocycles. The SMILES string of the molecule is O=C1/C(=C/c2ccc(Oc3ccc([N+](=O)[O-])cn3)cc2)SC(=S)N1c1ccc(Br)cc1. The molecule has 10 heteroatoms. The maximum Gasteiger partial charge on any atom is 0.287 e. The molecule has 0 aliphatic carbocycles. The molecule has 1 saturated heterocycles. The number of pyridine rings is 1. The first-order valence-corrected chi connectivity index (χ1v) is 10.8. The summed E-state index contributed by atoms with van der Waals surface area (Å²) in [5.74, 6) is 0.586. The van der Waals surface area contributed by atoms with Crippen LogP contribution in [0.25, 0.3) is 6.08 Å². The van der Waals surface area contributed by atoms with Crippen molar-refractivity contribution in [3.05, 3.63) is 91.9 Å². The number of nitro groups is 1. The number of rotatable bonds is 5. The van der Waals surface area contributed by atoms with E-state index in [-0.39, 0.29) is 17.5 Å². The van der Waals surface area contributed by atoms with Gasteiger partial charge in [0.2, 0.25) is 5.88 Å². The van der Waals surface area contributed by atoms with Crippen LogP contribution in [0.4, 0.5) is 11.4 Å². The molecule has 0 radical (unpaired) electrons. The van der Waals surface area contributed by atoms with E-state index in [1.165, 1.54) is 28.8 Å². The van der Waals surface area contributed by atoms with Crippen LogP contribution in [0.2, 0.25) is 0 Å². The van der Waals surface area contributed by atoms with Gasteiger partial charge in [0.15, 0.2) is 4.32 Å². The first-order valence-electron chi connectivity index (χ1n) is 8.82. The lowest BCUT2D eigenvalue weighted by Gasteiger charge is -2.14. The van der Waals surface area contributed by atoms with Gasteiger partial charge in [-0.3, -0.25) is 19.8 Å². The molecular formula is C21H12BrN3O4S2. The largest absolute Gasteiger partial charge is 0.439 e. The monoisotopic (exact) mass is 513 g/mol. The summed E-state index contributed by atoms with van der Waals surface area (Å²) in [5, 5.41) is 10.7. The third kappa shape index (κ3) is 4.82. The quantitative estimate of drug-likeness (QED) is 0.180. The summed E-state index contributed by atoms with van der Waals surface area (Å²) in [6, 6.07) is 17.2. The standard InChI is InChI=1S/C21H12BrN3O4S2/c22-14-3-5-15(6-4-14)24-20(26)18(31-21(24)30)11-13-1-8-17(9-2-13)29-19-10-7-16(12-23-19)25(27)28/h1-12H/b18-11-. The minimum Gasteiger partial charge on any atom is -0.439 e. The van der Waals surface area contributed by atoms with Crippen molar-refractivity contribution in [1.29, 1.82) is 0 Å². The molecule has 0 unspecified atom stereocenters. The molecule has 4 rings (SSSR count). The van der Waals surface area contributed by atoms with Gasteiger partial charge in [0, 0.05) is 16.6 Å². The predicted molar refractivity (Wildman–Crippen MR) is 127 cm³/mol. The van der Waals surface area contributed by atoms with Crippen molar-refractivity contribution in [3.63, 3.8) is 0 Å². The van der Waals surface area contributed by atoms with Crippen molar-refractivity contribution in [1.82, 2.24) is 4.98 Å². The van der Waals surface area contributed by atoms with Crippen LogP contribution < -0.4 is 9.64 Å². The minimum atomic E-state index is -0.523. The van der Waals surface area contributed by atoms with E-state index in [0.717, 1.165) is 16.2 Å². The van der Waals surface area contributed by atoms with Gasteiger partial charge >= 0.3 is 0 Å². The Balaban J connectivity index is 1.48. The molecule has 154 valence electrons. The minimum absolute atomic E-state index is 0.108. The number of aromatic nitrogens is 1. The normalized spacial score (nSPS) is 14.9. The molecule has 3 aromatic rings. The fraction of sp³-hybridized carbons (Fsp3) is 0. The first kappa shape index (κ1) is 21.2. The number of carbonyl (C=O) groups is 1.